The van der Waals surface area contributed by atoms with Crippen LogP contribution in [-0.2, 0) is 10.1 Å². The first-order chi connectivity index (χ1) is 27.9. The van der Waals surface area contributed by atoms with E-state index in [0.717, 1.165) is 59.8 Å². The van der Waals surface area contributed by atoms with Crippen molar-refractivity contribution >= 4 is 61.2 Å². The highest BCUT2D eigenvalue weighted by molar-refractivity contribution is 7.27. The Morgan fingerprint density at radius 2 is 0.737 bits per heavy atom. The van der Waals surface area contributed by atoms with E-state index in [2.05, 4.69) is 18.2 Å². The molecule has 9 aromatic rings. The summed E-state index contributed by atoms with van der Waals surface area (Å²) in [7, 11) is -0.776. The summed E-state index contributed by atoms with van der Waals surface area (Å²) in [5.74, 6) is 2.19. The predicted molar refractivity (Wildman–Crippen MR) is 236 cm³/mol. The average molecular weight is 785 g/mol. The van der Waals surface area contributed by atoms with Crippen LogP contribution in [0.3, 0.4) is 0 Å². The van der Waals surface area contributed by atoms with E-state index in [4.69, 9.17) is 18.1 Å². The zero-order chi connectivity index (χ0) is 38.9. The molecule has 0 aromatic heterocycles. The molecule has 9 rings (SSSR count). The van der Waals surface area contributed by atoms with Gasteiger partial charge in [-0.2, -0.15) is 0 Å². The van der Waals surface area contributed by atoms with Gasteiger partial charge in [0.2, 0.25) is 9.03 Å². The summed E-state index contributed by atoms with van der Waals surface area (Å²) in [4.78, 5) is 0. The molecule has 0 bridgehead atoms. The number of hydrogen-bond donors (Lipinski definition) is 2. The Morgan fingerprint density at radius 3 is 1.23 bits per heavy atom. The number of phenols is 2. The van der Waals surface area contributed by atoms with Gasteiger partial charge in [0.15, 0.2) is 0 Å². The molecule has 0 aliphatic carbocycles. The van der Waals surface area contributed by atoms with Gasteiger partial charge in [0.05, 0.1) is 5.60 Å². The molecule has 0 aliphatic rings. The van der Waals surface area contributed by atoms with Gasteiger partial charge in [0, 0.05) is 27.8 Å². The summed E-state index contributed by atoms with van der Waals surface area (Å²) in [5.41, 5.74) is 3.05. The zero-order valence-electron chi connectivity index (χ0n) is 31.2. The first kappa shape index (κ1) is 36.5. The largest absolute Gasteiger partial charge is 0.507 e. The highest BCUT2D eigenvalue weighted by Gasteiger charge is 2.27. The van der Waals surface area contributed by atoms with Gasteiger partial charge in [-0.3, -0.25) is 0 Å². The fourth-order valence-corrected chi connectivity index (χ4v) is 8.81. The van der Waals surface area contributed by atoms with Crippen LogP contribution >= 0.6 is 18.1 Å². The average Bonchev–Trinajstić information content (AvgIpc) is 3.24. The molecule has 0 heterocycles. The van der Waals surface area contributed by atoms with Crippen molar-refractivity contribution in [1.82, 2.24) is 0 Å². The third-order valence-corrected chi connectivity index (χ3v) is 11.9. The van der Waals surface area contributed by atoms with E-state index in [0.29, 0.717) is 28.4 Å². The van der Waals surface area contributed by atoms with Crippen LogP contribution in [0.15, 0.2) is 170 Å². The maximum absolute atomic E-state index is 11.3. The number of hydrogen-bond acceptors (Lipinski definition) is 6. The fraction of sp³-hybridized carbons (Fsp3) is 0.0612. The van der Waals surface area contributed by atoms with Gasteiger partial charge < -0.3 is 28.3 Å². The summed E-state index contributed by atoms with van der Waals surface area (Å²) >= 11 is 0. The lowest BCUT2D eigenvalue weighted by molar-refractivity contribution is 0.119. The number of rotatable bonds is 11. The summed E-state index contributed by atoms with van der Waals surface area (Å²) < 4.78 is 25.8. The molecule has 0 fully saturated rings. The summed E-state index contributed by atoms with van der Waals surface area (Å²) in [5, 5.41) is 30.5. The van der Waals surface area contributed by atoms with Crippen molar-refractivity contribution < 1.29 is 28.3 Å². The first-order valence-corrected chi connectivity index (χ1v) is 20.2. The molecule has 57 heavy (non-hydrogen) atoms. The van der Waals surface area contributed by atoms with E-state index < -0.39 is 14.6 Å². The minimum absolute atomic E-state index is 0.177. The minimum atomic E-state index is -0.818. The summed E-state index contributed by atoms with van der Waals surface area (Å²) in [6.07, 6.45) is 0. The monoisotopic (exact) mass is 784 g/mol. The molecular formula is C49H38O6P2. The van der Waals surface area contributed by atoms with E-state index in [-0.39, 0.29) is 20.5 Å². The second-order valence-electron chi connectivity index (χ2n) is 14.3. The maximum Gasteiger partial charge on any atom is 0.275 e. The van der Waals surface area contributed by atoms with Gasteiger partial charge >= 0.3 is 0 Å². The molecule has 0 aliphatic heterocycles. The number of benzene rings is 9. The second kappa shape index (κ2) is 15.4. The molecule has 8 heteroatoms. The molecule has 9 aromatic carbocycles. The third kappa shape index (κ3) is 6.98. The van der Waals surface area contributed by atoms with Crippen LogP contribution < -0.4 is 13.6 Å². The Morgan fingerprint density at radius 1 is 0.368 bits per heavy atom. The minimum Gasteiger partial charge on any atom is -0.507 e. The van der Waals surface area contributed by atoms with Crippen LogP contribution in [-0.4, -0.2) is 10.2 Å². The van der Waals surface area contributed by atoms with Gasteiger partial charge in [-0.1, -0.05) is 140 Å². The molecule has 0 spiro atoms. The molecule has 0 saturated heterocycles. The van der Waals surface area contributed by atoms with Crippen molar-refractivity contribution in [1.29, 1.82) is 0 Å². The van der Waals surface area contributed by atoms with E-state index in [1.54, 1.807) is 12.1 Å². The number of fused-ring (bicyclic) bond motifs is 4. The highest BCUT2D eigenvalue weighted by atomic mass is 31.1. The molecule has 6 nitrogen and oxygen atoms in total. The molecule has 280 valence electrons. The van der Waals surface area contributed by atoms with Crippen LogP contribution in [0.5, 0.6) is 28.7 Å². The van der Waals surface area contributed by atoms with Crippen molar-refractivity contribution in [2.75, 3.05) is 0 Å². The van der Waals surface area contributed by atoms with Crippen molar-refractivity contribution in [3.05, 3.63) is 175 Å². The van der Waals surface area contributed by atoms with Crippen molar-refractivity contribution in [3.8, 4) is 51.0 Å². The second-order valence-corrected chi connectivity index (χ2v) is 15.4. The molecule has 2 atom stereocenters. The number of phenolic OH excluding ortho intramolecular Hbond substituents is 2. The van der Waals surface area contributed by atoms with Gasteiger partial charge in [-0.15, -0.1) is 0 Å². The molecule has 2 N–H and O–H groups in total. The topological polar surface area (TPSA) is 77.4 Å². The van der Waals surface area contributed by atoms with E-state index in [9.17, 15) is 10.2 Å². The zero-order valence-corrected chi connectivity index (χ0v) is 33.2. The van der Waals surface area contributed by atoms with E-state index >= 15 is 0 Å². The van der Waals surface area contributed by atoms with Crippen molar-refractivity contribution in [2.24, 2.45) is 0 Å². The van der Waals surface area contributed by atoms with Crippen molar-refractivity contribution in [2.45, 2.75) is 19.4 Å². The van der Waals surface area contributed by atoms with E-state index in [1.165, 1.54) is 0 Å². The molecular weight excluding hydrogens is 746 g/mol. The fourth-order valence-electron chi connectivity index (χ4n) is 7.62. The smallest absolute Gasteiger partial charge is 0.275 e. The number of aromatic hydroxyl groups is 2. The van der Waals surface area contributed by atoms with Gasteiger partial charge in [-0.25, -0.2) is 0 Å². The first-order valence-electron chi connectivity index (χ1n) is 18.6. The van der Waals surface area contributed by atoms with Gasteiger partial charge in [-0.05, 0) is 87.3 Å². The maximum atomic E-state index is 11.3. The van der Waals surface area contributed by atoms with Crippen LogP contribution in [0.2, 0.25) is 0 Å². The molecule has 0 amide bonds. The molecule has 2 unspecified atom stereocenters. The van der Waals surface area contributed by atoms with Crippen LogP contribution in [0.4, 0.5) is 0 Å². The number of para-hydroxylation sites is 1. The lowest BCUT2D eigenvalue weighted by Crippen LogP contribution is -2.19. The van der Waals surface area contributed by atoms with Crippen LogP contribution in [0, 0.1) is 0 Å². The Hall–Kier alpha value is -6.16. The Kier molecular flexibility index (Phi) is 9.86. The summed E-state index contributed by atoms with van der Waals surface area (Å²) in [6.45, 7) is 3.97. The van der Waals surface area contributed by atoms with Crippen molar-refractivity contribution in [3.63, 3.8) is 0 Å². The Labute approximate surface area is 334 Å². The van der Waals surface area contributed by atoms with Gasteiger partial charge in [0.1, 0.15) is 28.7 Å². The third-order valence-electron chi connectivity index (χ3n) is 10.4. The Bertz CT molecular complexity index is 2940. The van der Waals surface area contributed by atoms with Crippen LogP contribution in [0.1, 0.15) is 19.4 Å². The van der Waals surface area contributed by atoms with Crippen LogP contribution in [0.25, 0.3) is 65.3 Å². The summed E-state index contributed by atoms with van der Waals surface area (Å²) in [6, 6.07) is 55.3. The quantitative estimate of drug-likeness (QED) is 0.127. The lowest BCUT2D eigenvalue weighted by Gasteiger charge is -2.27. The Balaban J connectivity index is 0.978. The standard InChI is InChI=1S/C49H38O6P2/c1-49(2,55-57-54-44-30-26-34-16-6-10-20-38(34)48(44)46-36-18-8-4-14-32(36)24-28-41(46)51)39-21-11-12-22-42(39)52-56-53-43-29-25-33-15-5-9-19-37(33)47(43)45-35-17-7-3-13-31(35)23-27-40(45)50/h3-30,50-51,56-57H,1-2H3. The highest BCUT2D eigenvalue weighted by Crippen LogP contribution is 2.49. The molecule has 0 radical (unpaired) electrons. The van der Waals surface area contributed by atoms with Gasteiger partial charge in [0.25, 0.3) is 9.03 Å². The van der Waals surface area contributed by atoms with E-state index in [1.807, 2.05) is 153 Å². The lowest BCUT2D eigenvalue weighted by atomic mass is 9.92. The predicted octanol–water partition coefficient (Wildman–Crippen LogP) is 13.9. The molecule has 0 saturated carbocycles. The normalized spacial score (nSPS) is 12.1. The SMILES string of the molecule is CC(C)(OPOc1ccc2ccccc2c1-c1c(O)ccc2ccccc12)c1ccccc1OPOc1ccc2ccccc2c1-c1c(O)ccc2ccccc12.